The molecule has 1 unspecified atom stereocenters. The summed E-state index contributed by atoms with van der Waals surface area (Å²) in [6, 6.07) is 4.88. The first-order chi connectivity index (χ1) is 15.2. The lowest BCUT2D eigenvalue weighted by Crippen LogP contribution is -2.34. The molecule has 1 N–H and O–H groups in total. The maximum Gasteiger partial charge on any atom is 0.416 e. The Morgan fingerprint density at radius 3 is 2.31 bits per heavy atom. The molecule has 176 valence electrons. The number of carbonyl (C=O) groups is 2. The number of benzene rings is 1. The fraction of sp³-hybridized carbons (Fsp3) is 0.478. The van der Waals surface area contributed by atoms with Crippen LogP contribution in [0.5, 0.6) is 0 Å². The van der Waals surface area contributed by atoms with Gasteiger partial charge in [-0.25, -0.2) is 9.59 Å². The summed E-state index contributed by atoms with van der Waals surface area (Å²) in [7, 11) is 1.14. The van der Waals surface area contributed by atoms with Crippen LogP contribution in [0, 0.1) is 0 Å². The molecule has 6 nitrogen and oxygen atoms in total. The molecule has 1 aliphatic heterocycles. The van der Waals surface area contributed by atoms with E-state index in [0.29, 0.717) is 24.4 Å². The van der Waals surface area contributed by atoms with Gasteiger partial charge >= 0.3 is 18.1 Å². The average Bonchev–Trinajstić information content (AvgIpc) is 2.76. The topological polar surface area (TPSA) is 73.9 Å². The molecule has 0 fully saturated rings. The van der Waals surface area contributed by atoms with Gasteiger partial charge in [0, 0.05) is 18.0 Å². The molecule has 0 aliphatic carbocycles. The van der Waals surface area contributed by atoms with Gasteiger partial charge in [0.1, 0.15) is 6.61 Å². The van der Waals surface area contributed by atoms with Gasteiger partial charge in [0.25, 0.3) is 0 Å². The number of alkyl halides is 3. The number of rotatable bonds is 9. The predicted molar refractivity (Wildman–Crippen MR) is 111 cm³/mol. The van der Waals surface area contributed by atoms with Gasteiger partial charge in [0.15, 0.2) is 0 Å². The second-order valence-electron chi connectivity index (χ2n) is 7.17. The standard InChI is InChI=1S/C23H28F3NO5/c1-5-11-31-12-13-32-22(29)18-14(3)27-17(6-2)20(21(28)30-4)19(18)15-9-7-8-10-16(15)23(24,25)26/h7-10,19,27H,5-6,11-13H2,1-4H3. The summed E-state index contributed by atoms with van der Waals surface area (Å²) in [5, 5.41) is 2.98. The molecule has 0 aromatic heterocycles. The molecular weight excluding hydrogens is 427 g/mol. The number of methoxy groups -OCH3 is 1. The zero-order chi connectivity index (χ0) is 23.9. The summed E-state index contributed by atoms with van der Waals surface area (Å²) in [6.07, 6.45) is -3.57. The lowest BCUT2D eigenvalue weighted by atomic mass is 9.78. The number of hydrogen-bond donors (Lipinski definition) is 1. The number of halogens is 3. The third-order valence-corrected chi connectivity index (χ3v) is 5.01. The van der Waals surface area contributed by atoms with Crippen molar-refractivity contribution in [3.8, 4) is 0 Å². The Labute approximate surface area is 185 Å². The van der Waals surface area contributed by atoms with E-state index in [1.165, 1.54) is 18.2 Å². The maximum absolute atomic E-state index is 13.8. The van der Waals surface area contributed by atoms with Crippen LogP contribution in [0.1, 0.15) is 50.7 Å². The maximum atomic E-state index is 13.8. The van der Waals surface area contributed by atoms with Crippen molar-refractivity contribution >= 4 is 11.9 Å². The molecule has 1 aromatic carbocycles. The summed E-state index contributed by atoms with van der Waals surface area (Å²) in [5.74, 6) is -2.95. The van der Waals surface area contributed by atoms with Crippen molar-refractivity contribution < 1.29 is 37.0 Å². The predicted octanol–water partition coefficient (Wildman–Crippen LogP) is 4.47. The number of ether oxygens (including phenoxy) is 3. The number of esters is 2. The van der Waals surface area contributed by atoms with Crippen LogP contribution in [0.2, 0.25) is 0 Å². The Morgan fingerprint density at radius 1 is 1.03 bits per heavy atom. The molecule has 32 heavy (non-hydrogen) atoms. The quantitative estimate of drug-likeness (QED) is 0.438. The van der Waals surface area contributed by atoms with Crippen molar-refractivity contribution in [3.05, 3.63) is 57.9 Å². The number of dihydropyridines is 1. The molecule has 1 heterocycles. The molecule has 1 aromatic rings. The van der Waals surface area contributed by atoms with Crippen LogP contribution < -0.4 is 5.32 Å². The van der Waals surface area contributed by atoms with Crippen LogP contribution in [0.15, 0.2) is 46.8 Å². The average molecular weight is 455 g/mol. The van der Waals surface area contributed by atoms with Crippen LogP contribution in [0.25, 0.3) is 0 Å². The molecule has 1 atom stereocenters. The molecule has 0 radical (unpaired) electrons. The normalized spacial score (nSPS) is 16.7. The van der Waals surface area contributed by atoms with E-state index in [2.05, 4.69) is 5.32 Å². The minimum absolute atomic E-state index is 0.0496. The van der Waals surface area contributed by atoms with E-state index in [1.54, 1.807) is 13.8 Å². The van der Waals surface area contributed by atoms with Crippen molar-refractivity contribution in [3.63, 3.8) is 0 Å². The van der Waals surface area contributed by atoms with Crippen molar-refractivity contribution in [2.45, 2.75) is 45.7 Å². The largest absolute Gasteiger partial charge is 0.466 e. The third kappa shape index (κ3) is 5.70. The smallest absolute Gasteiger partial charge is 0.416 e. The van der Waals surface area contributed by atoms with Gasteiger partial charge in [0.2, 0.25) is 0 Å². The van der Waals surface area contributed by atoms with Crippen LogP contribution in [-0.4, -0.2) is 38.9 Å². The fourth-order valence-electron chi connectivity index (χ4n) is 3.63. The number of nitrogens with one attached hydrogen (secondary N) is 1. The van der Waals surface area contributed by atoms with E-state index < -0.39 is 29.6 Å². The highest BCUT2D eigenvalue weighted by Crippen LogP contribution is 2.44. The van der Waals surface area contributed by atoms with Gasteiger partial charge in [-0.05, 0) is 31.4 Å². The highest BCUT2D eigenvalue weighted by atomic mass is 19.4. The molecule has 0 spiro atoms. The van der Waals surface area contributed by atoms with Crippen LogP contribution in [0.3, 0.4) is 0 Å². The molecule has 0 saturated heterocycles. The highest BCUT2D eigenvalue weighted by Gasteiger charge is 2.43. The molecule has 9 heteroatoms. The van der Waals surface area contributed by atoms with Gasteiger partial charge in [-0.3, -0.25) is 0 Å². The van der Waals surface area contributed by atoms with Crippen LogP contribution in [-0.2, 0) is 30.0 Å². The first-order valence-corrected chi connectivity index (χ1v) is 10.4. The zero-order valence-electron chi connectivity index (χ0n) is 18.6. The molecule has 0 bridgehead atoms. The SMILES string of the molecule is CCCOCCOC(=O)C1=C(C)NC(CC)=C(C(=O)OC)C1c1ccccc1C(F)(F)F. The van der Waals surface area contributed by atoms with E-state index in [4.69, 9.17) is 14.2 Å². The van der Waals surface area contributed by atoms with Crippen LogP contribution in [0.4, 0.5) is 13.2 Å². The summed E-state index contributed by atoms with van der Waals surface area (Å²) in [5.41, 5.74) is -0.578. The number of hydrogen-bond acceptors (Lipinski definition) is 6. The first kappa shape index (κ1) is 25.5. The lowest BCUT2D eigenvalue weighted by molar-refractivity contribution is -0.142. The Balaban J connectivity index is 2.60. The van der Waals surface area contributed by atoms with E-state index in [1.807, 2.05) is 6.92 Å². The summed E-state index contributed by atoms with van der Waals surface area (Å²) in [4.78, 5) is 25.7. The van der Waals surface area contributed by atoms with E-state index in [-0.39, 0.29) is 29.9 Å². The van der Waals surface area contributed by atoms with Gasteiger partial charge < -0.3 is 19.5 Å². The summed E-state index contributed by atoms with van der Waals surface area (Å²) >= 11 is 0. The molecule has 0 saturated carbocycles. The Hall–Kier alpha value is -2.81. The number of allylic oxidation sites excluding steroid dienone is 2. The third-order valence-electron chi connectivity index (χ3n) is 5.01. The first-order valence-electron chi connectivity index (χ1n) is 10.4. The second kappa shape index (κ2) is 11.2. The minimum Gasteiger partial charge on any atom is -0.466 e. The van der Waals surface area contributed by atoms with Crippen molar-refractivity contribution in [1.82, 2.24) is 5.32 Å². The van der Waals surface area contributed by atoms with E-state index in [0.717, 1.165) is 19.6 Å². The number of carbonyl (C=O) groups excluding carboxylic acids is 2. The molecule has 0 amide bonds. The Morgan fingerprint density at radius 2 is 1.72 bits per heavy atom. The van der Waals surface area contributed by atoms with Gasteiger partial charge in [-0.15, -0.1) is 0 Å². The van der Waals surface area contributed by atoms with E-state index in [9.17, 15) is 22.8 Å². The Bertz CT molecular complexity index is 905. The molecular formula is C23H28F3NO5. The summed E-state index contributed by atoms with van der Waals surface area (Å²) < 4.78 is 57.0. The van der Waals surface area contributed by atoms with Crippen LogP contribution >= 0.6 is 0 Å². The van der Waals surface area contributed by atoms with Gasteiger partial charge in [-0.2, -0.15) is 13.2 Å². The van der Waals surface area contributed by atoms with E-state index >= 15 is 0 Å². The van der Waals surface area contributed by atoms with Crippen molar-refractivity contribution in [1.29, 1.82) is 0 Å². The highest BCUT2D eigenvalue weighted by molar-refractivity contribution is 6.00. The van der Waals surface area contributed by atoms with Gasteiger partial charge in [-0.1, -0.05) is 32.0 Å². The zero-order valence-corrected chi connectivity index (χ0v) is 18.6. The fourth-order valence-corrected chi connectivity index (χ4v) is 3.63. The van der Waals surface area contributed by atoms with Crippen molar-refractivity contribution in [2.24, 2.45) is 0 Å². The summed E-state index contributed by atoms with van der Waals surface area (Å²) in [6.45, 7) is 5.83. The minimum atomic E-state index is -4.69. The lowest BCUT2D eigenvalue weighted by Gasteiger charge is -2.32. The Kier molecular flexibility index (Phi) is 8.89. The molecule has 1 aliphatic rings. The second-order valence-corrected chi connectivity index (χ2v) is 7.17. The molecule has 2 rings (SSSR count). The van der Waals surface area contributed by atoms with Gasteiger partial charge in [0.05, 0.1) is 36.3 Å². The van der Waals surface area contributed by atoms with Crippen molar-refractivity contribution in [2.75, 3.05) is 26.9 Å². The monoisotopic (exact) mass is 455 g/mol.